The molecule has 1 saturated carbocycles. The van der Waals surface area contributed by atoms with Gasteiger partial charge in [-0.05, 0) is 43.5 Å². The van der Waals surface area contributed by atoms with Crippen molar-refractivity contribution in [3.63, 3.8) is 0 Å². The minimum atomic E-state index is -0.208. The molecule has 4 rings (SSSR count). The molecule has 2 fully saturated rings. The highest BCUT2D eigenvalue weighted by molar-refractivity contribution is 5.95. The van der Waals surface area contributed by atoms with Crippen LogP contribution in [0.15, 0.2) is 47.4 Å². The van der Waals surface area contributed by atoms with Gasteiger partial charge in [0.05, 0.1) is 19.8 Å². The monoisotopic (exact) mass is 419 g/mol. The summed E-state index contributed by atoms with van der Waals surface area (Å²) in [5, 5.41) is 0. The number of hydrogen-bond donors (Lipinski definition) is 0. The zero-order valence-corrected chi connectivity index (χ0v) is 18.0. The summed E-state index contributed by atoms with van der Waals surface area (Å²) in [5.41, 5.74) is 1.71. The summed E-state index contributed by atoms with van der Waals surface area (Å²) in [7, 11) is 0. The molecule has 0 radical (unpaired) electrons. The third-order valence-corrected chi connectivity index (χ3v) is 5.85. The second kappa shape index (κ2) is 9.95. The van der Waals surface area contributed by atoms with Crippen molar-refractivity contribution >= 4 is 5.91 Å². The minimum Gasteiger partial charge on any atom is -0.379 e. The molecule has 1 saturated heterocycles. The highest BCUT2D eigenvalue weighted by Gasteiger charge is 2.34. The van der Waals surface area contributed by atoms with E-state index >= 15 is 0 Å². The first-order valence-electron chi connectivity index (χ1n) is 11.0. The normalized spacial score (nSPS) is 16.4. The van der Waals surface area contributed by atoms with Crippen LogP contribution in [0.5, 0.6) is 0 Å². The third-order valence-electron chi connectivity index (χ3n) is 5.85. The lowest BCUT2D eigenvalue weighted by atomic mass is 10.1. The van der Waals surface area contributed by atoms with Gasteiger partial charge in [-0.25, -0.2) is 0 Å². The molecule has 1 amide bonds. The third kappa shape index (κ3) is 5.43. The van der Waals surface area contributed by atoms with Crippen molar-refractivity contribution in [2.75, 3.05) is 39.4 Å². The van der Waals surface area contributed by atoms with E-state index in [0.717, 1.165) is 56.8 Å². The van der Waals surface area contributed by atoms with E-state index in [2.05, 4.69) is 16.7 Å². The summed E-state index contributed by atoms with van der Waals surface area (Å²) in [5.74, 6) is 6.04. The standard InChI is InChI=1S/C25H29N3O3/c1-20-11-13-27(15-14-26-16-18-31-19-17-26)24(29)23(20)25(30)28(22-9-10-22)12-5-8-21-6-3-2-4-7-21/h2-4,6-7,11,13,22H,9-10,12,14-19H2,1H3. The van der Waals surface area contributed by atoms with Gasteiger partial charge in [-0.1, -0.05) is 30.0 Å². The minimum absolute atomic E-state index is 0.179. The van der Waals surface area contributed by atoms with Crippen LogP contribution in [-0.4, -0.2) is 65.7 Å². The van der Waals surface area contributed by atoms with E-state index in [0.29, 0.717) is 13.1 Å². The van der Waals surface area contributed by atoms with E-state index in [-0.39, 0.29) is 23.1 Å². The molecule has 1 aromatic heterocycles. The first-order valence-corrected chi connectivity index (χ1v) is 11.0. The van der Waals surface area contributed by atoms with Crippen LogP contribution in [0.25, 0.3) is 0 Å². The molecule has 0 spiro atoms. The zero-order chi connectivity index (χ0) is 21.6. The maximum atomic E-state index is 13.4. The van der Waals surface area contributed by atoms with Gasteiger partial charge in [-0.2, -0.15) is 0 Å². The van der Waals surface area contributed by atoms with Crippen LogP contribution >= 0.6 is 0 Å². The average Bonchev–Trinajstić information content (AvgIpc) is 3.63. The summed E-state index contributed by atoms with van der Waals surface area (Å²) < 4.78 is 7.05. The summed E-state index contributed by atoms with van der Waals surface area (Å²) in [6.07, 6.45) is 3.73. The highest BCUT2D eigenvalue weighted by atomic mass is 16.5. The number of benzene rings is 1. The van der Waals surface area contributed by atoms with Gasteiger partial charge in [0.2, 0.25) is 0 Å². The molecular formula is C25H29N3O3. The van der Waals surface area contributed by atoms with Gasteiger partial charge < -0.3 is 14.2 Å². The molecule has 0 unspecified atom stereocenters. The lowest BCUT2D eigenvalue weighted by molar-refractivity contribution is 0.0362. The fourth-order valence-corrected chi connectivity index (χ4v) is 3.82. The van der Waals surface area contributed by atoms with Crippen LogP contribution in [0.4, 0.5) is 0 Å². The quantitative estimate of drug-likeness (QED) is 0.674. The van der Waals surface area contributed by atoms with Crippen LogP contribution in [0.2, 0.25) is 0 Å². The molecule has 1 aromatic carbocycles. The molecule has 0 N–H and O–H groups in total. The Morgan fingerprint density at radius 2 is 1.87 bits per heavy atom. The van der Waals surface area contributed by atoms with Gasteiger partial charge in [-0.3, -0.25) is 14.5 Å². The van der Waals surface area contributed by atoms with E-state index in [4.69, 9.17) is 4.74 Å². The van der Waals surface area contributed by atoms with E-state index in [1.807, 2.05) is 43.3 Å². The van der Waals surface area contributed by atoms with Crippen molar-refractivity contribution in [2.45, 2.75) is 32.4 Å². The number of morpholine rings is 1. The molecule has 2 heterocycles. The van der Waals surface area contributed by atoms with Crippen molar-refractivity contribution < 1.29 is 9.53 Å². The lowest BCUT2D eigenvalue weighted by Crippen LogP contribution is -2.41. The molecule has 0 atom stereocenters. The van der Waals surface area contributed by atoms with Crippen LogP contribution in [-0.2, 0) is 11.3 Å². The number of nitrogens with zero attached hydrogens (tertiary/aromatic N) is 3. The van der Waals surface area contributed by atoms with Gasteiger partial charge in [0.25, 0.3) is 11.5 Å². The van der Waals surface area contributed by atoms with Crippen molar-refractivity contribution in [1.82, 2.24) is 14.4 Å². The van der Waals surface area contributed by atoms with Crippen molar-refractivity contribution in [3.8, 4) is 11.8 Å². The van der Waals surface area contributed by atoms with Crippen LogP contribution in [0.3, 0.4) is 0 Å². The van der Waals surface area contributed by atoms with Crippen molar-refractivity contribution in [3.05, 3.63) is 69.6 Å². The van der Waals surface area contributed by atoms with Crippen LogP contribution in [0.1, 0.15) is 34.3 Å². The van der Waals surface area contributed by atoms with Crippen LogP contribution < -0.4 is 5.56 Å². The maximum absolute atomic E-state index is 13.4. The number of rotatable bonds is 6. The number of amides is 1. The first-order chi connectivity index (χ1) is 15.1. The van der Waals surface area contributed by atoms with E-state index < -0.39 is 0 Å². The summed E-state index contributed by atoms with van der Waals surface area (Å²) in [6.45, 7) is 6.72. The first kappa shape index (κ1) is 21.4. The van der Waals surface area contributed by atoms with Gasteiger partial charge in [0, 0.05) is 44.0 Å². The van der Waals surface area contributed by atoms with Gasteiger partial charge >= 0.3 is 0 Å². The predicted molar refractivity (Wildman–Crippen MR) is 120 cm³/mol. The van der Waals surface area contributed by atoms with Crippen molar-refractivity contribution in [1.29, 1.82) is 0 Å². The Hall–Kier alpha value is -2.88. The number of aromatic nitrogens is 1. The second-order valence-corrected chi connectivity index (χ2v) is 8.16. The fourth-order valence-electron chi connectivity index (χ4n) is 3.82. The Balaban J connectivity index is 1.50. The van der Waals surface area contributed by atoms with E-state index in [9.17, 15) is 9.59 Å². The zero-order valence-electron chi connectivity index (χ0n) is 18.0. The number of hydrogen-bond acceptors (Lipinski definition) is 4. The van der Waals surface area contributed by atoms with Gasteiger partial charge in [0.15, 0.2) is 0 Å². The highest BCUT2D eigenvalue weighted by Crippen LogP contribution is 2.28. The molecule has 1 aliphatic heterocycles. The molecule has 2 aromatic rings. The summed E-state index contributed by atoms with van der Waals surface area (Å²) in [4.78, 5) is 30.6. The molecular weight excluding hydrogens is 390 g/mol. The summed E-state index contributed by atoms with van der Waals surface area (Å²) in [6, 6.07) is 11.8. The Kier molecular flexibility index (Phi) is 6.86. The van der Waals surface area contributed by atoms with E-state index in [1.54, 1.807) is 15.7 Å². The van der Waals surface area contributed by atoms with Crippen molar-refractivity contribution in [2.24, 2.45) is 0 Å². The number of pyridine rings is 1. The van der Waals surface area contributed by atoms with E-state index in [1.165, 1.54) is 0 Å². The van der Waals surface area contributed by atoms with Crippen LogP contribution in [0, 0.1) is 18.8 Å². The lowest BCUT2D eigenvalue weighted by Gasteiger charge is -2.27. The Morgan fingerprint density at radius 3 is 2.58 bits per heavy atom. The second-order valence-electron chi connectivity index (χ2n) is 8.16. The summed E-state index contributed by atoms with van der Waals surface area (Å²) >= 11 is 0. The molecule has 31 heavy (non-hydrogen) atoms. The molecule has 6 nitrogen and oxygen atoms in total. The van der Waals surface area contributed by atoms with Gasteiger partial charge in [-0.15, -0.1) is 0 Å². The average molecular weight is 420 g/mol. The molecule has 0 bridgehead atoms. The molecule has 1 aliphatic carbocycles. The molecule has 162 valence electrons. The Labute approximate surface area is 183 Å². The predicted octanol–water partition coefficient (Wildman–Crippen LogP) is 2.15. The number of carbonyl (C=O) groups is 1. The number of ether oxygens (including phenoxy) is 1. The molecule has 6 heteroatoms. The largest absolute Gasteiger partial charge is 0.379 e. The molecule has 2 aliphatic rings. The number of carbonyl (C=O) groups excluding carboxylic acids is 1. The SMILES string of the molecule is Cc1ccn(CCN2CCOCC2)c(=O)c1C(=O)N(CC#Cc1ccccc1)C1CC1. The Morgan fingerprint density at radius 1 is 1.13 bits per heavy atom. The topological polar surface area (TPSA) is 54.8 Å². The Bertz CT molecular complexity index is 1030. The maximum Gasteiger partial charge on any atom is 0.263 e. The van der Waals surface area contributed by atoms with Gasteiger partial charge in [0.1, 0.15) is 5.56 Å². The fraction of sp³-hybridized carbons (Fsp3) is 0.440. The smallest absolute Gasteiger partial charge is 0.263 e. The number of aryl methyl sites for hydroxylation is 1.